The standard InChI is InChI=1S/C10H12O4S/c11-10(12)8-15(13)7-6-14-9-4-2-1-3-5-9/h1-5H,6-8H2,(H,11,12). The Kier molecular flexibility index (Phi) is 4.83. The molecule has 82 valence electrons. The minimum absolute atomic E-state index is 0.237. The van der Waals surface area contributed by atoms with Crippen molar-refractivity contribution in [3.63, 3.8) is 0 Å². The van der Waals surface area contributed by atoms with E-state index in [0.717, 1.165) is 0 Å². The van der Waals surface area contributed by atoms with E-state index in [2.05, 4.69) is 0 Å². The van der Waals surface area contributed by atoms with Crippen LogP contribution in [0.2, 0.25) is 0 Å². The Balaban J connectivity index is 2.22. The highest BCUT2D eigenvalue weighted by Gasteiger charge is 2.05. The maximum atomic E-state index is 11.1. The van der Waals surface area contributed by atoms with Crippen LogP contribution < -0.4 is 4.74 Å². The number of carboxylic acid groups (broad SMARTS) is 1. The Morgan fingerprint density at radius 1 is 1.33 bits per heavy atom. The van der Waals surface area contributed by atoms with Gasteiger partial charge in [0.1, 0.15) is 11.5 Å². The molecule has 0 bridgehead atoms. The molecule has 0 amide bonds. The van der Waals surface area contributed by atoms with Crippen LogP contribution in [0.1, 0.15) is 0 Å². The second kappa shape index (κ2) is 6.19. The van der Waals surface area contributed by atoms with Crippen molar-refractivity contribution in [2.24, 2.45) is 0 Å². The average molecular weight is 228 g/mol. The molecule has 0 aliphatic heterocycles. The zero-order valence-corrected chi connectivity index (χ0v) is 8.90. The van der Waals surface area contributed by atoms with Gasteiger partial charge in [-0.1, -0.05) is 18.2 Å². The van der Waals surface area contributed by atoms with Gasteiger partial charge in [-0.3, -0.25) is 9.00 Å². The van der Waals surface area contributed by atoms with Crippen LogP contribution >= 0.6 is 0 Å². The first-order valence-corrected chi connectivity index (χ1v) is 5.92. The number of ether oxygens (including phenoxy) is 1. The van der Waals surface area contributed by atoms with E-state index in [0.29, 0.717) is 5.75 Å². The van der Waals surface area contributed by atoms with Crippen molar-refractivity contribution in [3.8, 4) is 5.75 Å². The van der Waals surface area contributed by atoms with Crippen LogP contribution in [-0.2, 0) is 15.6 Å². The van der Waals surface area contributed by atoms with Crippen LogP contribution in [0.4, 0.5) is 0 Å². The third-order valence-electron chi connectivity index (χ3n) is 1.61. The van der Waals surface area contributed by atoms with Crippen molar-refractivity contribution in [1.82, 2.24) is 0 Å². The summed E-state index contributed by atoms with van der Waals surface area (Å²) < 4.78 is 16.4. The van der Waals surface area contributed by atoms with E-state index >= 15 is 0 Å². The minimum atomic E-state index is -1.35. The molecule has 0 aromatic heterocycles. The Hall–Kier alpha value is -1.36. The summed E-state index contributed by atoms with van der Waals surface area (Å²) in [5.74, 6) is -0.433. The minimum Gasteiger partial charge on any atom is -0.493 e. The second-order valence-electron chi connectivity index (χ2n) is 2.84. The van der Waals surface area contributed by atoms with E-state index in [1.54, 1.807) is 12.1 Å². The quantitative estimate of drug-likeness (QED) is 0.785. The molecule has 0 heterocycles. The summed E-state index contributed by atoms with van der Waals surface area (Å²) in [5.41, 5.74) is 0. The molecule has 0 aliphatic rings. The number of hydrogen-bond acceptors (Lipinski definition) is 3. The zero-order chi connectivity index (χ0) is 11.1. The SMILES string of the molecule is O=C(O)CS(=O)CCOc1ccccc1. The van der Waals surface area contributed by atoms with Crippen LogP contribution in [0, 0.1) is 0 Å². The Morgan fingerprint density at radius 2 is 2.00 bits per heavy atom. The van der Waals surface area contributed by atoms with Crippen molar-refractivity contribution >= 4 is 16.8 Å². The molecule has 5 heteroatoms. The molecule has 1 rings (SSSR count). The van der Waals surface area contributed by atoms with Gasteiger partial charge in [-0.05, 0) is 12.1 Å². The molecule has 0 fully saturated rings. The van der Waals surface area contributed by atoms with E-state index in [9.17, 15) is 9.00 Å². The summed E-state index contributed by atoms with van der Waals surface area (Å²) in [4.78, 5) is 10.2. The second-order valence-corrected chi connectivity index (χ2v) is 4.42. The molecule has 0 saturated heterocycles. The van der Waals surface area contributed by atoms with Gasteiger partial charge >= 0.3 is 5.97 Å². The number of carbonyl (C=O) groups is 1. The van der Waals surface area contributed by atoms with Gasteiger partial charge in [0.15, 0.2) is 0 Å². The highest BCUT2D eigenvalue weighted by atomic mass is 32.2. The highest BCUT2D eigenvalue weighted by Crippen LogP contribution is 2.07. The highest BCUT2D eigenvalue weighted by molar-refractivity contribution is 7.85. The van der Waals surface area contributed by atoms with Gasteiger partial charge in [0.2, 0.25) is 0 Å². The lowest BCUT2D eigenvalue weighted by Crippen LogP contribution is -2.16. The molecule has 4 nitrogen and oxygen atoms in total. The van der Waals surface area contributed by atoms with Gasteiger partial charge in [-0.2, -0.15) is 0 Å². The fourth-order valence-electron chi connectivity index (χ4n) is 0.979. The van der Waals surface area contributed by atoms with Crippen LogP contribution in [0.5, 0.6) is 5.75 Å². The number of hydrogen-bond donors (Lipinski definition) is 1. The number of carboxylic acids is 1. The van der Waals surface area contributed by atoms with Gasteiger partial charge < -0.3 is 9.84 Å². The molecular formula is C10H12O4S. The summed E-state index contributed by atoms with van der Waals surface area (Å²) in [6, 6.07) is 9.13. The predicted octanol–water partition coefficient (Wildman–Crippen LogP) is 0.899. The van der Waals surface area contributed by atoms with Crippen LogP contribution in [0.25, 0.3) is 0 Å². The lowest BCUT2D eigenvalue weighted by molar-refractivity contribution is -0.133. The Morgan fingerprint density at radius 3 is 2.60 bits per heavy atom. The first-order chi connectivity index (χ1) is 7.18. The van der Waals surface area contributed by atoms with Crippen LogP contribution in [0.15, 0.2) is 30.3 Å². The van der Waals surface area contributed by atoms with Gasteiger partial charge in [-0.15, -0.1) is 0 Å². The molecule has 1 aromatic rings. The van der Waals surface area contributed by atoms with Crippen molar-refractivity contribution in [1.29, 1.82) is 0 Å². The Labute approximate surface area is 90.3 Å². The number of aliphatic carboxylic acids is 1. The molecule has 1 atom stereocenters. The largest absolute Gasteiger partial charge is 0.493 e. The molecule has 1 N–H and O–H groups in total. The van der Waals surface area contributed by atoms with Gasteiger partial charge in [0.05, 0.1) is 12.4 Å². The van der Waals surface area contributed by atoms with Crippen LogP contribution in [0.3, 0.4) is 0 Å². The van der Waals surface area contributed by atoms with Crippen molar-refractivity contribution in [2.45, 2.75) is 0 Å². The van der Waals surface area contributed by atoms with Crippen molar-refractivity contribution in [3.05, 3.63) is 30.3 Å². The maximum absolute atomic E-state index is 11.1. The number of benzene rings is 1. The van der Waals surface area contributed by atoms with Gasteiger partial charge in [0.25, 0.3) is 0 Å². The molecule has 1 aromatic carbocycles. The summed E-state index contributed by atoms with van der Waals surface area (Å²) >= 11 is 0. The molecule has 0 spiro atoms. The number of para-hydroxylation sites is 1. The topological polar surface area (TPSA) is 63.6 Å². The molecule has 0 radical (unpaired) electrons. The van der Waals surface area contributed by atoms with Gasteiger partial charge in [-0.25, -0.2) is 0 Å². The lowest BCUT2D eigenvalue weighted by atomic mass is 10.3. The average Bonchev–Trinajstić information content (AvgIpc) is 2.18. The fourth-order valence-corrected chi connectivity index (χ4v) is 1.67. The molecule has 1 unspecified atom stereocenters. The summed E-state index contributed by atoms with van der Waals surface area (Å²) in [5, 5.41) is 8.37. The third kappa shape index (κ3) is 5.17. The lowest BCUT2D eigenvalue weighted by Gasteiger charge is -2.04. The zero-order valence-electron chi connectivity index (χ0n) is 8.09. The van der Waals surface area contributed by atoms with Crippen molar-refractivity contribution in [2.75, 3.05) is 18.1 Å². The number of rotatable bonds is 6. The van der Waals surface area contributed by atoms with E-state index in [4.69, 9.17) is 9.84 Å². The summed E-state index contributed by atoms with van der Waals surface area (Å²) in [7, 11) is -1.35. The predicted molar refractivity (Wildman–Crippen MR) is 57.4 cm³/mol. The first kappa shape index (κ1) is 11.7. The maximum Gasteiger partial charge on any atom is 0.316 e. The normalized spacial score (nSPS) is 12.0. The van der Waals surface area contributed by atoms with Gasteiger partial charge in [0, 0.05) is 10.8 Å². The van der Waals surface area contributed by atoms with Crippen molar-refractivity contribution < 1.29 is 18.8 Å². The first-order valence-electron chi connectivity index (χ1n) is 4.43. The smallest absolute Gasteiger partial charge is 0.316 e. The van der Waals surface area contributed by atoms with Crippen LogP contribution in [-0.4, -0.2) is 33.4 Å². The fraction of sp³-hybridized carbons (Fsp3) is 0.300. The van der Waals surface area contributed by atoms with E-state index in [1.807, 2.05) is 18.2 Å². The monoisotopic (exact) mass is 228 g/mol. The van der Waals surface area contributed by atoms with E-state index < -0.39 is 16.8 Å². The third-order valence-corrected chi connectivity index (χ3v) is 2.80. The Bertz CT molecular complexity index is 337. The summed E-state index contributed by atoms with van der Waals surface area (Å²) in [6.07, 6.45) is 0. The van der Waals surface area contributed by atoms with E-state index in [1.165, 1.54) is 0 Å². The molecule has 15 heavy (non-hydrogen) atoms. The molecule has 0 saturated carbocycles. The molecule has 0 aliphatic carbocycles. The van der Waals surface area contributed by atoms with E-state index in [-0.39, 0.29) is 18.1 Å². The molecular weight excluding hydrogens is 216 g/mol. The summed E-state index contributed by atoms with van der Waals surface area (Å²) in [6.45, 7) is 0.268.